The minimum atomic E-state index is -1.33. The second-order valence-electron chi connectivity index (χ2n) is 16.1. The van der Waals surface area contributed by atoms with Gasteiger partial charge < -0.3 is 35.8 Å². The van der Waals surface area contributed by atoms with Gasteiger partial charge in [-0.3, -0.25) is 28.8 Å². The molecule has 3 rings (SSSR count). The highest BCUT2D eigenvalue weighted by atomic mass is 16.6. The number of amides is 6. The molecule has 1 aliphatic heterocycles. The van der Waals surface area contributed by atoms with E-state index in [4.69, 9.17) is 4.74 Å². The molecule has 1 saturated carbocycles. The summed E-state index contributed by atoms with van der Waals surface area (Å²) in [4.78, 5) is 95.5. The first-order chi connectivity index (χ1) is 23.5. The number of nitrogens with one attached hydrogen (secondary N) is 4. The number of likely N-dealkylation sites (N-methyl/N-ethyl adjacent to an activating group) is 1. The van der Waals surface area contributed by atoms with Crippen LogP contribution >= 0.6 is 0 Å². The molecular weight excluding hydrogens is 656 g/mol. The Kier molecular flexibility index (Phi) is 12.5. The summed E-state index contributed by atoms with van der Waals surface area (Å²) >= 11 is 0. The van der Waals surface area contributed by atoms with Crippen molar-refractivity contribution >= 4 is 41.4 Å². The first kappa shape index (κ1) is 40.7. The smallest absolute Gasteiger partial charge is 0.408 e. The van der Waals surface area contributed by atoms with Crippen molar-refractivity contribution in [2.45, 2.75) is 91.6 Å². The van der Waals surface area contributed by atoms with Gasteiger partial charge in [-0.15, -0.1) is 6.58 Å². The topological polar surface area (TPSA) is 183 Å². The summed E-state index contributed by atoms with van der Waals surface area (Å²) in [5, 5.41) is 10.2. The maximum atomic E-state index is 14.1. The lowest BCUT2D eigenvalue weighted by atomic mass is 9.85. The summed E-state index contributed by atoms with van der Waals surface area (Å²) in [6, 6.07) is 4.23. The zero-order chi connectivity index (χ0) is 38.6. The third-order valence-corrected chi connectivity index (χ3v) is 9.33. The van der Waals surface area contributed by atoms with E-state index in [0.717, 1.165) is 0 Å². The maximum absolute atomic E-state index is 14.1. The van der Waals surface area contributed by atoms with Gasteiger partial charge in [0.2, 0.25) is 29.4 Å². The standard InChI is InChI=1S/C37H54N6O8/c1-12-16-23(28(45)31(47)38-19-24(44)40-26(32(48)42(10)11)21-17-14-13-15-18-21)39-30(46)27-25-22(37(25,8)9)20-43(27)33(49)29(35(2,3)4)41-34(50)51-36(5,6)7/h12-15,17-18,22-23,25-27,29H,1,16,19-20H2,2-11H3,(H,38,47)(H,39,46)(H,40,44)(H,41,50)/t22-,23?,25-,26-,27-,29-/m0/s1. The van der Waals surface area contributed by atoms with Crippen LogP contribution in [0.15, 0.2) is 43.0 Å². The van der Waals surface area contributed by atoms with Crippen LogP contribution < -0.4 is 21.3 Å². The van der Waals surface area contributed by atoms with Gasteiger partial charge in [0.25, 0.3) is 5.91 Å². The number of benzene rings is 1. The normalized spacial score (nSPS) is 20.7. The van der Waals surface area contributed by atoms with E-state index < -0.39 is 77.2 Å². The highest BCUT2D eigenvalue weighted by Crippen LogP contribution is 2.65. The molecule has 1 heterocycles. The molecule has 1 aliphatic carbocycles. The molecule has 0 aromatic heterocycles. The predicted octanol–water partition coefficient (Wildman–Crippen LogP) is 2.10. The van der Waals surface area contributed by atoms with Crippen molar-refractivity contribution in [3.63, 3.8) is 0 Å². The first-order valence-electron chi connectivity index (χ1n) is 17.1. The van der Waals surface area contributed by atoms with Gasteiger partial charge in [-0.2, -0.15) is 0 Å². The van der Waals surface area contributed by atoms with Gasteiger partial charge >= 0.3 is 6.09 Å². The van der Waals surface area contributed by atoms with Gasteiger partial charge in [0.1, 0.15) is 29.8 Å². The van der Waals surface area contributed by atoms with Crippen molar-refractivity contribution < 1.29 is 38.3 Å². The number of carbonyl (C=O) groups excluding carboxylic acids is 7. The molecule has 1 aromatic carbocycles. The number of likely N-dealkylation sites (tertiary alicyclic amines) is 1. The molecule has 6 amide bonds. The lowest BCUT2D eigenvalue weighted by Crippen LogP contribution is -2.60. The molecule has 0 bridgehead atoms. The Hall–Kier alpha value is -4.75. The van der Waals surface area contributed by atoms with E-state index in [1.807, 2.05) is 13.8 Å². The molecule has 0 radical (unpaired) electrons. The highest BCUT2D eigenvalue weighted by Gasteiger charge is 2.70. The van der Waals surface area contributed by atoms with E-state index >= 15 is 0 Å². The van der Waals surface area contributed by atoms with E-state index in [-0.39, 0.29) is 36.1 Å². The molecule has 1 unspecified atom stereocenters. The molecule has 0 spiro atoms. The van der Waals surface area contributed by atoms with Crippen molar-refractivity contribution in [3.8, 4) is 0 Å². The summed E-state index contributed by atoms with van der Waals surface area (Å²) in [7, 11) is 3.10. The second-order valence-corrected chi connectivity index (χ2v) is 16.1. The zero-order valence-corrected chi connectivity index (χ0v) is 31.4. The summed E-state index contributed by atoms with van der Waals surface area (Å²) in [5.41, 5.74) is -1.27. The Bertz CT molecular complexity index is 1530. The molecule has 6 atom stereocenters. The lowest BCUT2D eigenvalue weighted by molar-refractivity contribution is -0.145. The molecule has 1 aromatic rings. The average Bonchev–Trinajstić information content (AvgIpc) is 3.33. The fourth-order valence-corrected chi connectivity index (χ4v) is 6.52. The number of nitrogens with zero attached hydrogens (tertiary/aromatic N) is 2. The van der Waals surface area contributed by atoms with Crippen LogP contribution in [-0.4, -0.2) is 102 Å². The SMILES string of the molecule is C=CCC(NC(=O)[C@@H]1[C@@H]2[C@H](CN1C(=O)[C@H](NC(=O)OC(C)(C)C)C(C)(C)C)C2(C)C)C(=O)C(=O)NCC(=O)N[C@H](C(=O)N(C)C)c1ccccc1. The summed E-state index contributed by atoms with van der Waals surface area (Å²) < 4.78 is 5.41. The lowest BCUT2D eigenvalue weighted by Gasteiger charge is -2.38. The van der Waals surface area contributed by atoms with Crippen LogP contribution in [-0.2, 0) is 33.5 Å². The van der Waals surface area contributed by atoms with E-state index in [0.29, 0.717) is 5.56 Å². The van der Waals surface area contributed by atoms with Crippen molar-refractivity contribution in [1.82, 2.24) is 31.1 Å². The number of piperidine rings is 1. The van der Waals surface area contributed by atoms with Gasteiger partial charge in [-0.05, 0) is 55.4 Å². The molecule has 4 N–H and O–H groups in total. The number of hydrogen-bond donors (Lipinski definition) is 4. The largest absolute Gasteiger partial charge is 0.444 e. The number of ether oxygens (including phenoxy) is 1. The minimum absolute atomic E-state index is 0.00815. The fourth-order valence-electron chi connectivity index (χ4n) is 6.52. The van der Waals surface area contributed by atoms with Crippen LogP contribution in [0.3, 0.4) is 0 Å². The van der Waals surface area contributed by atoms with Crippen LogP contribution in [0.5, 0.6) is 0 Å². The first-order valence-corrected chi connectivity index (χ1v) is 17.1. The Morgan fingerprint density at radius 3 is 2.12 bits per heavy atom. The number of alkyl carbamates (subject to hydrolysis) is 1. The summed E-state index contributed by atoms with van der Waals surface area (Å²) in [6.07, 6.45) is 0.514. The zero-order valence-electron chi connectivity index (χ0n) is 31.4. The Morgan fingerprint density at radius 1 is 0.980 bits per heavy atom. The van der Waals surface area contributed by atoms with Crippen LogP contribution in [0.2, 0.25) is 0 Å². The number of ketones is 1. The quantitative estimate of drug-likeness (QED) is 0.177. The fraction of sp³-hybridized carbons (Fsp3) is 0.595. The number of fused-ring (bicyclic) bond motifs is 1. The van der Waals surface area contributed by atoms with Crippen molar-refractivity contribution in [3.05, 3.63) is 48.6 Å². The average molecular weight is 711 g/mol. The minimum Gasteiger partial charge on any atom is -0.444 e. The number of carbonyl (C=O) groups is 7. The molecular formula is C37H54N6O8. The van der Waals surface area contributed by atoms with Gasteiger partial charge in [0.15, 0.2) is 0 Å². The van der Waals surface area contributed by atoms with E-state index in [9.17, 15) is 33.6 Å². The van der Waals surface area contributed by atoms with Crippen LogP contribution in [0, 0.1) is 22.7 Å². The summed E-state index contributed by atoms with van der Waals surface area (Å²) in [6.45, 7) is 17.8. The van der Waals surface area contributed by atoms with Crippen LogP contribution in [0.1, 0.15) is 73.4 Å². The maximum Gasteiger partial charge on any atom is 0.408 e. The third kappa shape index (κ3) is 9.95. The predicted molar refractivity (Wildman–Crippen MR) is 190 cm³/mol. The number of Topliss-reactive ketones (excluding diaryl/α,β-unsaturated/α-hetero) is 1. The molecule has 1 saturated heterocycles. The Morgan fingerprint density at radius 2 is 1.59 bits per heavy atom. The van der Waals surface area contributed by atoms with Gasteiger partial charge in [0.05, 0.1) is 6.54 Å². The molecule has 280 valence electrons. The van der Waals surface area contributed by atoms with Gasteiger partial charge in [-0.25, -0.2) is 4.79 Å². The van der Waals surface area contributed by atoms with Crippen molar-refractivity contribution in [2.24, 2.45) is 22.7 Å². The van der Waals surface area contributed by atoms with Crippen LogP contribution in [0.25, 0.3) is 0 Å². The van der Waals surface area contributed by atoms with Crippen LogP contribution in [0.4, 0.5) is 4.79 Å². The molecule has 2 aliphatic rings. The number of rotatable bonds is 13. The second kappa shape index (κ2) is 15.6. The highest BCUT2D eigenvalue weighted by molar-refractivity contribution is 6.38. The molecule has 14 heteroatoms. The van der Waals surface area contributed by atoms with E-state index in [1.54, 1.807) is 86.0 Å². The van der Waals surface area contributed by atoms with Crippen molar-refractivity contribution in [1.29, 1.82) is 0 Å². The molecule has 51 heavy (non-hydrogen) atoms. The Balaban J connectivity index is 1.74. The van der Waals surface area contributed by atoms with Gasteiger partial charge in [-0.1, -0.05) is 71.0 Å². The van der Waals surface area contributed by atoms with E-state index in [1.165, 1.54) is 15.9 Å². The Labute approximate surface area is 300 Å². The third-order valence-electron chi connectivity index (χ3n) is 9.33. The van der Waals surface area contributed by atoms with Crippen molar-refractivity contribution in [2.75, 3.05) is 27.2 Å². The number of hydrogen-bond acceptors (Lipinski definition) is 8. The monoisotopic (exact) mass is 710 g/mol. The molecule has 14 nitrogen and oxygen atoms in total. The summed E-state index contributed by atoms with van der Waals surface area (Å²) in [5.74, 6) is -4.52. The molecule has 2 fully saturated rings. The van der Waals surface area contributed by atoms with Gasteiger partial charge in [0, 0.05) is 20.6 Å². The van der Waals surface area contributed by atoms with E-state index in [2.05, 4.69) is 27.8 Å².